The van der Waals surface area contributed by atoms with E-state index in [-0.39, 0.29) is 25.4 Å². The molecule has 380 valence electrons. The van der Waals surface area contributed by atoms with E-state index in [0.717, 1.165) is 73.9 Å². The number of aromatic nitrogens is 2. The molecule has 0 unspecified atom stereocenters. The lowest BCUT2D eigenvalue weighted by Gasteiger charge is -2.38. The van der Waals surface area contributed by atoms with Crippen molar-refractivity contribution in [2.24, 2.45) is 14.1 Å². The molecule has 14 heteroatoms. The van der Waals surface area contributed by atoms with Gasteiger partial charge in [-0.2, -0.15) is 9.13 Å². The van der Waals surface area contributed by atoms with Gasteiger partial charge in [-0.25, -0.2) is 4.79 Å². The number of para-hydroxylation sites is 4. The first kappa shape index (κ1) is 51.6. The number of aryl methyl sites for hydroxylation is 2. The zero-order valence-corrected chi connectivity index (χ0v) is 45.0. The summed E-state index contributed by atoms with van der Waals surface area (Å²) in [5.41, 5.74) is 9.90. The minimum atomic E-state index is -0.552. The number of hydrogen-bond donors (Lipinski definition) is 0. The summed E-state index contributed by atoms with van der Waals surface area (Å²) in [5.74, 6) is -1.46. The number of amides is 2. The summed E-state index contributed by atoms with van der Waals surface area (Å²) in [6, 6.07) is 34.7. The Morgan fingerprint density at radius 1 is 0.630 bits per heavy atom. The standard InChI is InChI=1S/C59H71N7O5S2/c1-60-51-24-13-15-26-53(51)72-57(60)40-44-31-35-62(49-22-11-9-20-47(44)49)33-18-37-65(3,4)42-46(70-39-17-7-8-28-59(69)71-64-55(67)29-30-56(64)68)43-66(5,6)38-19-34-63-36-32-45(48-21-10-12-23-50(48)63)41-58-61(2)52-25-14-16-27-54(52)73-58/h9-16,20-27,31-32,35-36,40-41,46H,7-8,17-19,28-30,33-34,37-39,42-43H2,1-6H3/q+4. The molecule has 6 aromatic rings. The Morgan fingerprint density at radius 3 is 1.59 bits per heavy atom. The number of nitrogens with zero attached hydrogens (tertiary/aromatic N) is 7. The predicted octanol–water partition coefficient (Wildman–Crippen LogP) is 9.70. The van der Waals surface area contributed by atoms with Crippen LogP contribution in [0.2, 0.25) is 0 Å². The number of hydrogen-bond acceptors (Lipinski definition) is 9. The summed E-state index contributed by atoms with van der Waals surface area (Å²) >= 11 is 3.64. The number of likely N-dealkylation sites (N-methyl/N-ethyl adjacent to an activating group) is 2. The van der Waals surface area contributed by atoms with Crippen LogP contribution < -0.4 is 18.9 Å². The van der Waals surface area contributed by atoms with E-state index in [4.69, 9.17) is 9.57 Å². The molecule has 0 aliphatic carbocycles. The quantitative estimate of drug-likeness (QED) is 0.0290. The number of hydroxylamine groups is 2. The lowest BCUT2D eigenvalue weighted by Crippen LogP contribution is -2.54. The second-order valence-corrected chi connectivity index (χ2v) is 23.0. The highest BCUT2D eigenvalue weighted by Crippen LogP contribution is 2.37. The molecule has 4 aromatic carbocycles. The van der Waals surface area contributed by atoms with Crippen molar-refractivity contribution in [3.05, 3.63) is 143 Å². The van der Waals surface area contributed by atoms with Gasteiger partial charge in [-0.15, -0.1) is 5.06 Å². The van der Waals surface area contributed by atoms with Gasteiger partial charge in [0.05, 0.1) is 41.3 Å². The summed E-state index contributed by atoms with van der Waals surface area (Å²) in [4.78, 5) is 46.2. The Hall–Kier alpha value is -6.29. The number of imide groups is 1. The van der Waals surface area contributed by atoms with Gasteiger partial charge in [0.25, 0.3) is 21.8 Å². The van der Waals surface area contributed by atoms with Crippen LogP contribution in [0.25, 0.3) is 43.7 Å². The number of unbranched alkanes of at least 4 members (excludes halogenated alkanes) is 2. The molecular formula is C59H71N7O5S2+4. The fraction of sp³-hybridized carbons (Fsp3) is 0.373. The Balaban J connectivity index is 0.816. The van der Waals surface area contributed by atoms with Crippen LogP contribution >= 0.6 is 22.7 Å². The van der Waals surface area contributed by atoms with Gasteiger partial charge in [0, 0.05) is 111 Å². The van der Waals surface area contributed by atoms with E-state index in [1.165, 1.54) is 64.1 Å². The van der Waals surface area contributed by atoms with Crippen LogP contribution in [0.3, 0.4) is 0 Å². The number of carbonyl (C=O) groups excluding carboxylic acids is 3. The van der Waals surface area contributed by atoms with Crippen molar-refractivity contribution in [3.63, 3.8) is 0 Å². The summed E-state index contributed by atoms with van der Waals surface area (Å²) < 4.78 is 15.6. The average molecular weight is 1020 g/mol. The molecular weight excluding hydrogens is 951 g/mol. The van der Waals surface area contributed by atoms with Crippen molar-refractivity contribution in [2.75, 3.05) is 83.9 Å². The molecule has 1 saturated heterocycles. The second-order valence-electron chi connectivity index (χ2n) is 20.9. The maximum absolute atomic E-state index is 12.5. The normalized spacial score (nSPS) is 16.0. The van der Waals surface area contributed by atoms with E-state index in [1.807, 2.05) is 22.7 Å². The lowest BCUT2D eigenvalue weighted by atomic mass is 9.99. The fourth-order valence-electron chi connectivity index (χ4n) is 10.4. The first-order chi connectivity index (χ1) is 35.2. The largest absolute Gasteiger partial charge is 0.366 e. The number of rotatable bonds is 22. The van der Waals surface area contributed by atoms with Gasteiger partial charge in [0.2, 0.25) is 11.0 Å². The molecule has 0 bridgehead atoms. The zero-order chi connectivity index (χ0) is 51.1. The van der Waals surface area contributed by atoms with Crippen LogP contribution in [0.15, 0.2) is 122 Å². The topological polar surface area (TPSA) is 87.2 Å². The molecule has 1 fully saturated rings. The Labute approximate surface area is 438 Å². The summed E-state index contributed by atoms with van der Waals surface area (Å²) in [6.07, 6.45) is 18.2. The van der Waals surface area contributed by atoms with E-state index in [1.54, 1.807) is 0 Å². The van der Waals surface area contributed by atoms with Gasteiger partial charge in [0.15, 0.2) is 6.10 Å². The number of carbonyl (C=O) groups is 3. The van der Waals surface area contributed by atoms with Crippen molar-refractivity contribution in [1.82, 2.24) is 5.06 Å². The first-order valence-corrected chi connectivity index (χ1v) is 27.4. The first-order valence-electron chi connectivity index (χ1n) is 25.8. The number of anilines is 2. The van der Waals surface area contributed by atoms with Crippen molar-refractivity contribution in [2.45, 2.75) is 57.5 Å². The van der Waals surface area contributed by atoms with E-state index >= 15 is 0 Å². The van der Waals surface area contributed by atoms with Gasteiger partial charge in [-0.1, -0.05) is 89.8 Å². The molecule has 9 rings (SSSR count). The number of benzene rings is 4. The van der Waals surface area contributed by atoms with E-state index in [0.29, 0.717) is 18.1 Å². The zero-order valence-electron chi connectivity index (χ0n) is 43.4. The Morgan fingerprint density at radius 2 is 1.10 bits per heavy atom. The molecule has 2 amide bonds. The number of quaternary nitrogens is 2. The van der Waals surface area contributed by atoms with Crippen LogP contribution in [0.5, 0.6) is 0 Å². The minimum Gasteiger partial charge on any atom is -0.366 e. The highest BCUT2D eigenvalue weighted by Gasteiger charge is 2.33. The third-order valence-corrected chi connectivity index (χ3v) is 16.6. The van der Waals surface area contributed by atoms with Crippen molar-refractivity contribution >= 4 is 95.6 Å². The highest BCUT2D eigenvalue weighted by molar-refractivity contribution is 7.19. The number of fused-ring (bicyclic) bond motifs is 4. The highest BCUT2D eigenvalue weighted by atomic mass is 32.1. The molecule has 0 spiro atoms. The van der Waals surface area contributed by atoms with Crippen LogP contribution in [-0.2, 0) is 38.1 Å². The molecule has 12 nitrogen and oxygen atoms in total. The fourth-order valence-corrected chi connectivity index (χ4v) is 12.6. The SMILES string of the molecule is C[n+]1c(/C=C2\C=CN(CCC[N+](C)(C)CC(C[N+](C)(C)CCCN3C=C/C(=C\c4sc5ccccc5[n+]4C)c4ccccc43)OCCCCCC(=O)ON3C(=O)CCC3=O)c3ccccc32)sc2ccccc21. The number of ether oxygens (including phenoxy) is 1. The smallest absolute Gasteiger partial charge is 0.333 e. The summed E-state index contributed by atoms with van der Waals surface area (Å²) in [7, 11) is 13.6. The van der Waals surface area contributed by atoms with Crippen molar-refractivity contribution in [1.29, 1.82) is 0 Å². The third-order valence-electron chi connectivity index (χ3n) is 14.3. The van der Waals surface area contributed by atoms with Crippen molar-refractivity contribution in [3.8, 4) is 0 Å². The molecule has 3 aliphatic rings. The molecule has 5 heterocycles. The monoisotopic (exact) mass is 1020 g/mol. The van der Waals surface area contributed by atoms with Gasteiger partial charge in [0.1, 0.15) is 36.6 Å². The molecule has 0 saturated carbocycles. The Bertz CT molecular complexity index is 2920. The van der Waals surface area contributed by atoms with E-state index in [9.17, 15) is 14.4 Å². The van der Waals surface area contributed by atoms with E-state index in [2.05, 4.69) is 195 Å². The Kier molecular flexibility index (Phi) is 16.2. The number of thiazole rings is 2. The maximum Gasteiger partial charge on any atom is 0.333 e. The molecule has 0 radical (unpaired) electrons. The minimum absolute atomic E-state index is 0.0132. The molecule has 0 N–H and O–H groups in total. The predicted molar refractivity (Wildman–Crippen MR) is 296 cm³/mol. The maximum atomic E-state index is 12.5. The lowest BCUT2D eigenvalue weighted by molar-refractivity contribution is -0.914. The molecule has 3 aliphatic heterocycles. The molecule has 0 atom stereocenters. The summed E-state index contributed by atoms with van der Waals surface area (Å²) in [6.45, 7) is 6.11. The van der Waals surface area contributed by atoms with E-state index < -0.39 is 17.8 Å². The average Bonchev–Trinajstić information content (AvgIpc) is 3.99. The van der Waals surface area contributed by atoms with Gasteiger partial charge >= 0.3 is 5.97 Å². The third kappa shape index (κ3) is 12.6. The van der Waals surface area contributed by atoms with Crippen LogP contribution in [0.1, 0.15) is 72.5 Å². The van der Waals surface area contributed by atoms with Gasteiger partial charge in [-0.05, 0) is 60.4 Å². The van der Waals surface area contributed by atoms with Crippen LogP contribution in [0.4, 0.5) is 11.4 Å². The van der Waals surface area contributed by atoms with Gasteiger partial charge < -0.3 is 28.3 Å². The number of allylic oxidation sites excluding steroid dienone is 4. The summed E-state index contributed by atoms with van der Waals surface area (Å²) in [5, 5.41) is 3.08. The van der Waals surface area contributed by atoms with Gasteiger partial charge in [-0.3, -0.25) is 9.59 Å². The van der Waals surface area contributed by atoms with Crippen LogP contribution in [-0.4, -0.2) is 112 Å². The molecule has 2 aromatic heterocycles. The van der Waals surface area contributed by atoms with Crippen LogP contribution in [0, 0.1) is 0 Å². The van der Waals surface area contributed by atoms with Crippen molar-refractivity contribution < 1.29 is 42.1 Å². The molecule has 73 heavy (non-hydrogen) atoms. The second kappa shape index (κ2) is 22.9.